The first-order valence-electron chi connectivity index (χ1n) is 9.63. The third-order valence-electron chi connectivity index (χ3n) is 5.44. The minimum Gasteiger partial charge on any atom is -0.345 e. The number of fused-ring (bicyclic) bond motifs is 1. The summed E-state index contributed by atoms with van der Waals surface area (Å²) in [5.74, 6) is 0.257. The molecule has 1 aliphatic heterocycles. The van der Waals surface area contributed by atoms with Crippen molar-refractivity contribution in [1.29, 1.82) is 0 Å². The lowest BCUT2D eigenvalue weighted by Gasteiger charge is -2.43. The van der Waals surface area contributed by atoms with E-state index in [4.69, 9.17) is 0 Å². The van der Waals surface area contributed by atoms with Crippen molar-refractivity contribution >= 4 is 22.8 Å². The molecule has 144 valence electrons. The van der Waals surface area contributed by atoms with Crippen LogP contribution in [0.1, 0.15) is 34.6 Å². The summed E-state index contributed by atoms with van der Waals surface area (Å²) in [5.41, 5.74) is 2.04. The van der Waals surface area contributed by atoms with Gasteiger partial charge < -0.3 is 14.8 Å². The minimum absolute atomic E-state index is 0.0169. The average Bonchev–Trinajstić information content (AvgIpc) is 3.17. The normalized spacial score (nSPS) is 17.3. The lowest BCUT2D eigenvalue weighted by molar-refractivity contribution is 0.0304. The topological polar surface area (TPSA) is 69.3 Å². The summed E-state index contributed by atoms with van der Waals surface area (Å²) in [6.07, 6.45) is 3.43. The summed E-state index contributed by atoms with van der Waals surface area (Å²) in [4.78, 5) is 37.3. The van der Waals surface area contributed by atoms with Crippen molar-refractivity contribution in [2.45, 2.75) is 19.9 Å². The molecule has 28 heavy (non-hydrogen) atoms. The molecule has 0 aliphatic carbocycles. The molecule has 1 saturated heterocycles. The number of aromatic amines is 1. The molecular formula is C22H24N4O2. The van der Waals surface area contributed by atoms with Crippen molar-refractivity contribution in [3.63, 3.8) is 0 Å². The molecule has 1 atom stereocenters. The molecule has 1 aromatic carbocycles. The van der Waals surface area contributed by atoms with Gasteiger partial charge in [0, 0.05) is 43.0 Å². The molecule has 0 radical (unpaired) electrons. The summed E-state index contributed by atoms with van der Waals surface area (Å²) in [6.45, 7) is 5.78. The Morgan fingerprint density at radius 1 is 1.07 bits per heavy atom. The fraction of sp³-hybridized carbons (Fsp3) is 0.318. The zero-order chi connectivity index (χ0) is 19.7. The molecule has 0 spiro atoms. The summed E-state index contributed by atoms with van der Waals surface area (Å²) >= 11 is 0. The van der Waals surface area contributed by atoms with Crippen molar-refractivity contribution < 1.29 is 9.59 Å². The maximum atomic E-state index is 13.2. The van der Waals surface area contributed by atoms with Crippen LogP contribution < -0.4 is 0 Å². The van der Waals surface area contributed by atoms with Crippen LogP contribution in [0.2, 0.25) is 0 Å². The zero-order valence-corrected chi connectivity index (χ0v) is 16.1. The van der Waals surface area contributed by atoms with Gasteiger partial charge in [0.05, 0.1) is 11.6 Å². The van der Waals surface area contributed by atoms with Crippen LogP contribution in [-0.4, -0.2) is 57.3 Å². The SMILES string of the molecule is CC(C)C1CN(C(=O)c2c[nH]c3ncccc23)CCN1C(=O)c1ccccc1. The summed E-state index contributed by atoms with van der Waals surface area (Å²) in [5, 5.41) is 0.830. The first-order valence-corrected chi connectivity index (χ1v) is 9.63. The summed E-state index contributed by atoms with van der Waals surface area (Å²) in [6, 6.07) is 13.1. The molecule has 2 amide bonds. The van der Waals surface area contributed by atoms with E-state index in [9.17, 15) is 9.59 Å². The van der Waals surface area contributed by atoms with Crippen LogP contribution in [0, 0.1) is 5.92 Å². The van der Waals surface area contributed by atoms with E-state index in [-0.39, 0.29) is 23.8 Å². The van der Waals surface area contributed by atoms with E-state index < -0.39 is 0 Å². The monoisotopic (exact) mass is 376 g/mol. The predicted octanol–water partition coefficient (Wildman–Crippen LogP) is 3.19. The molecule has 1 N–H and O–H groups in total. The molecule has 1 aliphatic rings. The lowest BCUT2D eigenvalue weighted by atomic mass is 9.97. The number of piperazine rings is 1. The van der Waals surface area contributed by atoms with Crippen LogP contribution in [0.15, 0.2) is 54.9 Å². The van der Waals surface area contributed by atoms with Gasteiger partial charge in [-0.05, 0) is 30.2 Å². The highest BCUT2D eigenvalue weighted by Crippen LogP contribution is 2.23. The zero-order valence-electron chi connectivity index (χ0n) is 16.1. The Morgan fingerprint density at radius 2 is 1.86 bits per heavy atom. The van der Waals surface area contributed by atoms with Crippen molar-refractivity contribution in [2.75, 3.05) is 19.6 Å². The van der Waals surface area contributed by atoms with Crippen molar-refractivity contribution in [3.8, 4) is 0 Å². The third kappa shape index (κ3) is 3.26. The number of nitrogens with zero attached hydrogens (tertiary/aromatic N) is 3. The van der Waals surface area contributed by atoms with Gasteiger partial charge in [-0.1, -0.05) is 32.0 Å². The predicted molar refractivity (Wildman–Crippen MR) is 108 cm³/mol. The number of benzene rings is 1. The number of aromatic nitrogens is 2. The van der Waals surface area contributed by atoms with Gasteiger partial charge in [-0.2, -0.15) is 0 Å². The van der Waals surface area contributed by atoms with Crippen LogP contribution in [0.4, 0.5) is 0 Å². The highest BCUT2D eigenvalue weighted by Gasteiger charge is 2.35. The first kappa shape index (κ1) is 18.2. The molecule has 3 heterocycles. The number of H-pyrrole nitrogens is 1. The Labute approximate surface area is 164 Å². The Balaban J connectivity index is 1.56. The van der Waals surface area contributed by atoms with Crippen molar-refractivity contribution in [1.82, 2.24) is 19.8 Å². The largest absolute Gasteiger partial charge is 0.345 e. The van der Waals surface area contributed by atoms with E-state index in [1.54, 1.807) is 12.4 Å². The lowest BCUT2D eigenvalue weighted by Crippen LogP contribution is -2.58. The fourth-order valence-corrected chi connectivity index (χ4v) is 3.87. The second-order valence-corrected chi connectivity index (χ2v) is 7.53. The van der Waals surface area contributed by atoms with Crippen LogP contribution in [-0.2, 0) is 0 Å². The van der Waals surface area contributed by atoms with Gasteiger partial charge >= 0.3 is 0 Å². The molecule has 6 nitrogen and oxygen atoms in total. The van der Waals surface area contributed by atoms with Crippen LogP contribution in [0.25, 0.3) is 11.0 Å². The Hall–Kier alpha value is -3.15. The second kappa shape index (κ2) is 7.46. The smallest absolute Gasteiger partial charge is 0.256 e. The number of amides is 2. The van der Waals surface area contributed by atoms with E-state index in [0.717, 1.165) is 5.39 Å². The molecule has 2 aromatic heterocycles. The van der Waals surface area contributed by atoms with Crippen LogP contribution in [0.3, 0.4) is 0 Å². The van der Waals surface area contributed by atoms with Gasteiger partial charge in [-0.3, -0.25) is 9.59 Å². The van der Waals surface area contributed by atoms with Gasteiger partial charge in [-0.25, -0.2) is 4.98 Å². The third-order valence-corrected chi connectivity index (χ3v) is 5.44. The van der Waals surface area contributed by atoms with Gasteiger partial charge in [0.15, 0.2) is 0 Å². The van der Waals surface area contributed by atoms with Crippen LogP contribution in [0.5, 0.6) is 0 Å². The quantitative estimate of drug-likeness (QED) is 0.763. The summed E-state index contributed by atoms with van der Waals surface area (Å²) < 4.78 is 0. The van der Waals surface area contributed by atoms with Gasteiger partial charge in [0.2, 0.25) is 0 Å². The van der Waals surface area contributed by atoms with Gasteiger partial charge in [0.25, 0.3) is 11.8 Å². The van der Waals surface area contributed by atoms with E-state index in [1.165, 1.54) is 0 Å². The van der Waals surface area contributed by atoms with Crippen molar-refractivity contribution in [3.05, 3.63) is 66.0 Å². The number of rotatable bonds is 3. The Kier molecular flexibility index (Phi) is 4.86. The number of pyridine rings is 1. The number of hydrogen-bond donors (Lipinski definition) is 1. The van der Waals surface area contributed by atoms with Gasteiger partial charge in [-0.15, -0.1) is 0 Å². The Bertz CT molecular complexity index is 996. The maximum Gasteiger partial charge on any atom is 0.256 e. The Morgan fingerprint density at radius 3 is 2.61 bits per heavy atom. The number of carbonyl (C=O) groups excluding carboxylic acids is 2. The van der Waals surface area contributed by atoms with E-state index in [1.807, 2.05) is 52.3 Å². The molecule has 1 fully saturated rings. The summed E-state index contributed by atoms with van der Waals surface area (Å²) in [7, 11) is 0. The molecule has 0 bridgehead atoms. The molecule has 4 rings (SSSR count). The molecule has 3 aromatic rings. The average molecular weight is 376 g/mol. The fourth-order valence-electron chi connectivity index (χ4n) is 3.87. The van der Waals surface area contributed by atoms with Crippen molar-refractivity contribution in [2.24, 2.45) is 5.92 Å². The highest BCUT2D eigenvalue weighted by molar-refractivity contribution is 6.06. The molecule has 0 saturated carbocycles. The highest BCUT2D eigenvalue weighted by atomic mass is 16.2. The van der Waals surface area contributed by atoms with Gasteiger partial charge in [0.1, 0.15) is 5.65 Å². The first-order chi connectivity index (χ1) is 13.6. The minimum atomic E-state index is -0.0197. The standard InChI is InChI=1S/C22H24N4O2/c1-15(2)19-14-25(11-12-26(19)21(27)16-7-4-3-5-8-16)22(28)18-13-24-20-17(18)9-6-10-23-20/h3-10,13,15,19H,11-12,14H2,1-2H3,(H,23,24). The number of carbonyl (C=O) groups is 2. The molecular weight excluding hydrogens is 352 g/mol. The van der Waals surface area contributed by atoms with E-state index in [0.29, 0.717) is 36.4 Å². The van der Waals surface area contributed by atoms with E-state index >= 15 is 0 Å². The van der Waals surface area contributed by atoms with Crippen LogP contribution >= 0.6 is 0 Å². The maximum absolute atomic E-state index is 13.2. The number of nitrogens with one attached hydrogen (secondary N) is 1. The van der Waals surface area contributed by atoms with E-state index in [2.05, 4.69) is 23.8 Å². The number of hydrogen-bond acceptors (Lipinski definition) is 3. The molecule has 1 unspecified atom stereocenters. The second-order valence-electron chi connectivity index (χ2n) is 7.53. The molecule has 6 heteroatoms.